The Labute approximate surface area is 182 Å². The van der Waals surface area contributed by atoms with Crippen molar-refractivity contribution in [2.45, 2.75) is 18.0 Å². The number of nitrogens with zero attached hydrogens (tertiary/aromatic N) is 2. The molecular weight excluding hydrogens is 451 g/mol. The maximum absolute atomic E-state index is 15.1. The van der Waals surface area contributed by atoms with Crippen LogP contribution in [0.25, 0.3) is 11.0 Å². The standard InChI is InChI=1S/C21H13F5N4OS/c1-10-16-13(8-27-20(16)29-9-28-10)19(31)17-14(22)6-7-15(18(17)23)30-32-12-4-2-11(3-5-12)21(24,25)26/h2-9,30H,1H3,(H,27,28,29). The van der Waals surface area contributed by atoms with Crippen LogP contribution in [0.4, 0.5) is 27.6 Å². The quantitative estimate of drug-likeness (QED) is 0.218. The fraction of sp³-hybridized carbons (Fsp3) is 0.0952. The average Bonchev–Trinajstić information content (AvgIpc) is 3.18. The van der Waals surface area contributed by atoms with Gasteiger partial charge in [0.2, 0.25) is 5.78 Å². The number of H-pyrrole nitrogens is 1. The van der Waals surface area contributed by atoms with E-state index in [0.29, 0.717) is 21.6 Å². The van der Waals surface area contributed by atoms with Gasteiger partial charge in [-0.2, -0.15) is 13.2 Å². The lowest BCUT2D eigenvalue weighted by Crippen LogP contribution is -2.09. The van der Waals surface area contributed by atoms with Crippen molar-refractivity contribution in [3.63, 3.8) is 0 Å². The molecule has 2 N–H and O–H groups in total. The highest BCUT2D eigenvalue weighted by Gasteiger charge is 2.30. The van der Waals surface area contributed by atoms with E-state index in [1.807, 2.05) is 0 Å². The molecule has 164 valence electrons. The van der Waals surface area contributed by atoms with Crippen LogP contribution in [0.3, 0.4) is 0 Å². The predicted molar refractivity (Wildman–Crippen MR) is 109 cm³/mol. The monoisotopic (exact) mass is 464 g/mol. The number of ketones is 1. The summed E-state index contributed by atoms with van der Waals surface area (Å²) >= 11 is 0.819. The van der Waals surface area contributed by atoms with Crippen LogP contribution in [0.1, 0.15) is 27.2 Å². The summed E-state index contributed by atoms with van der Waals surface area (Å²) in [5.41, 5.74) is -0.954. The van der Waals surface area contributed by atoms with Gasteiger partial charge in [0.15, 0.2) is 5.82 Å². The molecule has 0 atom stereocenters. The number of carbonyl (C=O) groups is 1. The molecule has 2 heterocycles. The molecular formula is C21H13F5N4OS. The molecule has 0 aliphatic heterocycles. The van der Waals surface area contributed by atoms with Gasteiger partial charge in [0.25, 0.3) is 0 Å². The van der Waals surface area contributed by atoms with E-state index in [-0.39, 0.29) is 11.3 Å². The first-order valence-corrected chi connectivity index (χ1v) is 9.90. The Kier molecular flexibility index (Phi) is 5.59. The minimum absolute atomic E-state index is 0.0171. The van der Waals surface area contributed by atoms with Gasteiger partial charge in [0.1, 0.15) is 17.8 Å². The van der Waals surface area contributed by atoms with Crippen LogP contribution in [0, 0.1) is 18.6 Å². The van der Waals surface area contributed by atoms with Crippen molar-refractivity contribution >= 4 is 34.5 Å². The third kappa shape index (κ3) is 4.03. The molecule has 4 aromatic rings. The Morgan fingerprint density at radius 3 is 2.47 bits per heavy atom. The third-order valence-electron chi connectivity index (χ3n) is 4.68. The number of benzene rings is 2. The molecule has 0 fully saturated rings. The van der Waals surface area contributed by atoms with Gasteiger partial charge >= 0.3 is 6.18 Å². The summed E-state index contributed by atoms with van der Waals surface area (Å²) in [6, 6.07) is 6.24. The van der Waals surface area contributed by atoms with E-state index in [9.17, 15) is 22.4 Å². The van der Waals surface area contributed by atoms with Crippen molar-refractivity contribution in [2.24, 2.45) is 0 Å². The molecule has 0 radical (unpaired) electrons. The molecule has 11 heteroatoms. The Hall–Kier alpha value is -3.47. The molecule has 32 heavy (non-hydrogen) atoms. The molecule has 0 bridgehead atoms. The van der Waals surface area contributed by atoms with Crippen molar-refractivity contribution in [3.05, 3.63) is 82.9 Å². The molecule has 0 saturated heterocycles. The molecule has 5 nitrogen and oxygen atoms in total. The number of aryl methyl sites for hydroxylation is 1. The Morgan fingerprint density at radius 2 is 1.78 bits per heavy atom. The van der Waals surface area contributed by atoms with E-state index in [0.717, 1.165) is 36.2 Å². The lowest BCUT2D eigenvalue weighted by molar-refractivity contribution is -0.137. The van der Waals surface area contributed by atoms with Crippen molar-refractivity contribution in [3.8, 4) is 0 Å². The fourth-order valence-corrected chi connectivity index (χ4v) is 3.75. The van der Waals surface area contributed by atoms with Crippen molar-refractivity contribution in [2.75, 3.05) is 4.72 Å². The van der Waals surface area contributed by atoms with E-state index in [4.69, 9.17) is 0 Å². The predicted octanol–water partition coefficient (Wildman–Crippen LogP) is 5.91. The minimum Gasteiger partial charge on any atom is -0.345 e. The van der Waals surface area contributed by atoms with Crippen LogP contribution < -0.4 is 4.72 Å². The summed E-state index contributed by atoms with van der Waals surface area (Å²) in [5, 5.41) is 0.355. The van der Waals surface area contributed by atoms with Gasteiger partial charge in [-0.25, -0.2) is 18.7 Å². The number of carbonyl (C=O) groups excluding carboxylic acids is 1. The summed E-state index contributed by atoms with van der Waals surface area (Å²) in [6.07, 6.45) is -1.86. The van der Waals surface area contributed by atoms with E-state index >= 15 is 4.39 Å². The van der Waals surface area contributed by atoms with Crippen molar-refractivity contribution < 1.29 is 26.7 Å². The molecule has 0 unspecified atom stereocenters. The van der Waals surface area contributed by atoms with Gasteiger partial charge in [-0.15, -0.1) is 0 Å². The average molecular weight is 464 g/mol. The zero-order valence-corrected chi connectivity index (χ0v) is 17.0. The van der Waals surface area contributed by atoms with Crippen LogP contribution in [-0.2, 0) is 6.18 Å². The maximum atomic E-state index is 15.1. The second-order valence-corrected chi connectivity index (χ2v) is 7.60. The Balaban J connectivity index is 1.62. The number of hydrogen-bond acceptors (Lipinski definition) is 5. The Bertz CT molecular complexity index is 1320. The molecule has 0 amide bonds. The molecule has 0 saturated carbocycles. The molecule has 2 aromatic carbocycles. The largest absolute Gasteiger partial charge is 0.416 e. The number of fused-ring (bicyclic) bond motifs is 1. The molecule has 0 spiro atoms. The maximum Gasteiger partial charge on any atom is 0.416 e. The van der Waals surface area contributed by atoms with Gasteiger partial charge in [0.05, 0.1) is 33.5 Å². The summed E-state index contributed by atoms with van der Waals surface area (Å²) in [6.45, 7) is 1.64. The molecule has 0 aliphatic rings. The number of alkyl halides is 3. The van der Waals surface area contributed by atoms with Crippen LogP contribution in [0.15, 0.2) is 53.8 Å². The van der Waals surface area contributed by atoms with Crippen molar-refractivity contribution in [1.29, 1.82) is 0 Å². The number of rotatable bonds is 5. The zero-order chi connectivity index (χ0) is 23.0. The molecule has 2 aromatic heterocycles. The number of anilines is 1. The van der Waals surface area contributed by atoms with Crippen LogP contribution in [0.5, 0.6) is 0 Å². The smallest absolute Gasteiger partial charge is 0.345 e. The first kappa shape index (κ1) is 21.8. The topological polar surface area (TPSA) is 70.7 Å². The van der Waals surface area contributed by atoms with Gasteiger partial charge in [-0.1, -0.05) is 0 Å². The first-order valence-electron chi connectivity index (χ1n) is 9.08. The third-order valence-corrected chi connectivity index (χ3v) is 5.51. The summed E-state index contributed by atoms with van der Waals surface area (Å²) in [7, 11) is 0. The molecule has 4 rings (SSSR count). The van der Waals surface area contributed by atoms with Gasteiger partial charge in [-0.3, -0.25) is 4.79 Å². The second kappa shape index (κ2) is 8.23. The van der Waals surface area contributed by atoms with E-state index in [1.54, 1.807) is 6.92 Å². The lowest BCUT2D eigenvalue weighted by Gasteiger charge is -2.11. The van der Waals surface area contributed by atoms with Crippen LogP contribution in [0.2, 0.25) is 0 Å². The summed E-state index contributed by atoms with van der Waals surface area (Å²) in [5.74, 6) is -3.08. The number of hydrogen-bond donors (Lipinski definition) is 2. The normalized spacial score (nSPS) is 11.7. The first-order chi connectivity index (χ1) is 15.2. The zero-order valence-electron chi connectivity index (χ0n) is 16.2. The van der Waals surface area contributed by atoms with Crippen LogP contribution in [-0.4, -0.2) is 20.7 Å². The van der Waals surface area contributed by atoms with Crippen LogP contribution >= 0.6 is 11.9 Å². The number of aromatic amines is 1. The summed E-state index contributed by atoms with van der Waals surface area (Å²) < 4.78 is 70.1. The minimum atomic E-state index is -4.47. The number of halogens is 5. The van der Waals surface area contributed by atoms with Gasteiger partial charge in [0, 0.05) is 11.1 Å². The van der Waals surface area contributed by atoms with E-state index in [2.05, 4.69) is 19.7 Å². The van der Waals surface area contributed by atoms with E-state index < -0.39 is 34.7 Å². The number of aromatic nitrogens is 3. The highest BCUT2D eigenvalue weighted by atomic mass is 32.2. The Morgan fingerprint density at radius 1 is 1.06 bits per heavy atom. The van der Waals surface area contributed by atoms with E-state index in [1.165, 1.54) is 24.7 Å². The molecule has 0 aliphatic carbocycles. The fourth-order valence-electron chi connectivity index (χ4n) is 3.10. The van der Waals surface area contributed by atoms with Crippen molar-refractivity contribution in [1.82, 2.24) is 15.0 Å². The number of nitrogens with one attached hydrogen (secondary N) is 2. The second-order valence-electron chi connectivity index (χ2n) is 6.72. The lowest BCUT2D eigenvalue weighted by atomic mass is 10.0. The highest BCUT2D eigenvalue weighted by Crippen LogP contribution is 2.32. The van der Waals surface area contributed by atoms with Gasteiger partial charge in [-0.05, 0) is 55.3 Å². The van der Waals surface area contributed by atoms with Gasteiger partial charge < -0.3 is 9.71 Å². The summed E-state index contributed by atoms with van der Waals surface area (Å²) in [4.78, 5) is 24.1. The SMILES string of the molecule is Cc1ncnc2[nH]cc(C(=O)c3c(F)ccc(NSc4ccc(C(F)(F)F)cc4)c3F)c12. The highest BCUT2D eigenvalue weighted by molar-refractivity contribution is 8.00.